The van der Waals surface area contributed by atoms with Crippen LogP contribution in [-0.4, -0.2) is 66.1 Å². The van der Waals surface area contributed by atoms with Crippen molar-refractivity contribution in [1.82, 2.24) is 15.1 Å². The summed E-state index contributed by atoms with van der Waals surface area (Å²) in [6.45, 7) is 5.35. The van der Waals surface area contributed by atoms with Crippen LogP contribution in [0.15, 0.2) is 23.1 Å². The Hall–Kier alpha value is -0.950. The molecule has 2 amide bonds. The summed E-state index contributed by atoms with van der Waals surface area (Å²) in [5, 5.41) is 3.68. The van der Waals surface area contributed by atoms with Gasteiger partial charge in [-0.1, -0.05) is 18.5 Å². The number of thioether (sulfide) groups is 1. The van der Waals surface area contributed by atoms with Crippen molar-refractivity contribution >= 4 is 47.6 Å². The van der Waals surface area contributed by atoms with Crippen LogP contribution in [0.4, 0.5) is 0 Å². The molecule has 0 saturated carbocycles. The van der Waals surface area contributed by atoms with Gasteiger partial charge in [0.2, 0.25) is 5.91 Å². The summed E-state index contributed by atoms with van der Waals surface area (Å²) in [5.41, 5.74) is 0.673. The number of piperazine rings is 1. The first-order valence-corrected chi connectivity index (χ1v) is 10.2. The van der Waals surface area contributed by atoms with Gasteiger partial charge in [-0.05, 0) is 36.8 Å². The van der Waals surface area contributed by atoms with Crippen LogP contribution in [0.25, 0.3) is 0 Å². The summed E-state index contributed by atoms with van der Waals surface area (Å²) >= 11 is 7.78. The quantitative estimate of drug-likeness (QED) is 0.765. The molecule has 1 aromatic rings. The highest BCUT2D eigenvalue weighted by atomic mass is 35.5. The number of likely N-dealkylation sites (tertiary alicyclic amines) is 1. The highest BCUT2D eigenvalue weighted by molar-refractivity contribution is 7.99. The molecule has 2 aliphatic heterocycles. The number of carbonyl (C=O) groups is 2. The largest absolute Gasteiger partial charge is 0.337 e. The average Bonchev–Trinajstić information content (AvgIpc) is 2.63. The number of amides is 2. The zero-order chi connectivity index (χ0) is 17.8. The molecule has 144 valence electrons. The van der Waals surface area contributed by atoms with Crippen molar-refractivity contribution in [3.8, 4) is 0 Å². The van der Waals surface area contributed by atoms with Crippen LogP contribution in [-0.2, 0) is 4.79 Å². The smallest absolute Gasteiger partial charge is 0.255 e. The molecule has 0 aliphatic carbocycles. The van der Waals surface area contributed by atoms with E-state index in [1.807, 2.05) is 21.9 Å². The van der Waals surface area contributed by atoms with Crippen molar-refractivity contribution in [2.45, 2.75) is 30.7 Å². The number of halogens is 2. The Morgan fingerprint density at radius 2 is 2.19 bits per heavy atom. The number of nitrogens with zero attached hydrogens (tertiary/aromatic N) is 2. The van der Waals surface area contributed by atoms with Crippen LogP contribution in [0.3, 0.4) is 0 Å². The third-order valence-electron chi connectivity index (χ3n) is 4.72. The summed E-state index contributed by atoms with van der Waals surface area (Å²) in [5.74, 6) is 1.06. The maximum atomic E-state index is 13.1. The molecule has 0 aromatic heterocycles. The van der Waals surface area contributed by atoms with Crippen molar-refractivity contribution < 1.29 is 9.59 Å². The number of hydrogen-bond acceptors (Lipinski definition) is 4. The number of benzene rings is 1. The molecule has 1 unspecified atom stereocenters. The van der Waals surface area contributed by atoms with E-state index in [9.17, 15) is 9.59 Å². The molecule has 26 heavy (non-hydrogen) atoms. The first kappa shape index (κ1) is 21.4. The van der Waals surface area contributed by atoms with Crippen molar-refractivity contribution in [3.63, 3.8) is 0 Å². The minimum absolute atomic E-state index is 0. The molecule has 0 radical (unpaired) electrons. The van der Waals surface area contributed by atoms with Gasteiger partial charge in [0.1, 0.15) is 0 Å². The first-order chi connectivity index (χ1) is 12.1. The van der Waals surface area contributed by atoms with Crippen molar-refractivity contribution in [2.75, 3.05) is 38.5 Å². The normalized spacial score (nSPS) is 20.7. The van der Waals surface area contributed by atoms with Crippen LogP contribution in [0.2, 0.25) is 5.02 Å². The summed E-state index contributed by atoms with van der Waals surface area (Å²) in [6, 6.07) is 5.63. The molecular weight excluding hydrogens is 393 g/mol. The van der Waals surface area contributed by atoms with Gasteiger partial charge in [-0.25, -0.2) is 0 Å². The Labute approximate surface area is 170 Å². The van der Waals surface area contributed by atoms with Gasteiger partial charge in [0.15, 0.2) is 0 Å². The van der Waals surface area contributed by atoms with E-state index in [0.29, 0.717) is 23.7 Å². The Bertz CT molecular complexity index is 659. The van der Waals surface area contributed by atoms with E-state index in [4.69, 9.17) is 11.6 Å². The number of rotatable bonds is 4. The summed E-state index contributed by atoms with van der Waals surface area (Å²) in [6.07, 6.45) is 1.88. The molecular formula is C18H25Cl2N3O2S. The molecule has 2 aliphatic rings. The Kier molecular flexibility index (Phi) is 8.07. The van der Waals surface area contributed by atoms with E-state index in [2.05, 4.69) is 12.2 Å². The lowest BCUT2D eigenvalue weighted by atomic mass is 10.0. The highest BCUT2D eigenvalue weighted by Crippen LogP contribution is 2.28. The molecule has 3 rings (SSSR count). The van der Waals surface area contributed by atoms with Gasteiger partial charge >= 0.3 is 0 Å². The van der Waals surface area contributed by atoms with E-state index in [0.717, 1.165) is 43.1 Å². The molecule has 1 N–H and O–H groups in total. The molecule has 5 nitrogen and oxygen atoms in total. The van der Waals surface area contributed by atoms with E-state index >= 15 is 0 Å². The van der Waals surface area contributed by atoms with Crippen LogP contribution in [0.5, 0.6) is 0 Å². The van der Waals surface area contributed by atoms with Crippen LogP contribution in [0, 0.1) is 0 Å². The van der Waals surface area contributed by atoms with Gasteiger partial charge in [-0.2, -0.15) is 0 Å². The Morgan fingerprint density at radius 1 is 1.38 bits per heavy atom. The van der Waals surface area contributed by atoms with Crippen molar-refractivity contribution in [3.05, 3.63) is 28.8 Å². The third kappa shape index (κ3) is 4.85. The van der Waals surface area contributed by atoms with Gasteiger partial charge < -0.3 is 15.1 Å². The molecule has 1 atom stereocenters. The average molecular weight is 418 g/mol. The molecule has 1 aromatic carbocycles. The molecule has 8 heteroatoms. The maximum Gasteiger partial charge on any atom is 0.255 e. The predicted octanol–water partition coefficient (Wildman–Crippen LogP) is 2.91. The second kappa shape index (κ2) is 9.83. The van der Waals surface area contributed by atoms with Gasteiger partial charge in [-0.15, -0.1) is 24.2 Å². The predicted molar refractivity (Wildman–Crippen MR) is 109 cm³/mol. The number of nitrogens with one attached hydrogen (secondary N) is 1. The maximum absolute atomic E-state index is 13.1. The fourth-order valence-corrected chi connectivity index (χ4v) is 4.47. The van der Waals surface area contributed by atoms with Crippen molar-refractivity contribution in [1.29, 1.82) is 0 Å². The Balaban J connectivity index is 0.00000243. The highest BCUT2D eigenvalue weighted by Gasteiger charge is 2.32. The van der Waals surface area contributed by atoms with Gasteiger partial charge in [0.05, 0.1) is 12.1 Å². The number of carbonyl (C=O) groups excluding carboxylic acids is 2. The zero-order valence-electron chi connectivity index (χ0n) is 14.9. The zero-order valence-corrected chi connectivity index (χ0v) is 17.3. The molecule has 2 fully saturated rings. The summed E-state index contributed by atoms with van der Waals surface area (Å²) in [4.78, 5) is 30.1. The van der Waals surface area contributed by atoms with E-state index in [-0.39, 0.29) is 30.3 Å². The molecule has 0 spiro atoms. The minimum Gasteiger partial charge on any atom is -0.337 e. The second-order valence-electron chi connectivity index (χ2n) is 6.38. The minimum atomic E-state index is 0. The first-order valence-electron chi connectivity index (χ1n) is 8.82. The van der Waals surface area contributed by atoms with E-state index in [1.165, 1.54) is 0 Å². The second-order valence-corrected chi connectivity index (χ2v) is 8.13. The lowest BCUT2D eigenvalue weighted by Gasteiger charge is -2.41. The SMILES string of the molecule is CCSc1ccc(Cl)cc1C(=O)N1CCCC(N2CCNCC2=O)C1.Cl. The van der Waals surface area contributed by atoms with Crippen molar-refractivity contribution in [2.24, 2.45) is 0 Å². The summed E-state index contributed by atoms with van der Waals surface area (Å²) in [7, 11) is 0. The molecule has 0 bridgehead atoms. The lowest BCUT2D eigenvalue weighted by Crippen LogP contribution is -2.57. The fraction of sp³-hybridized carbons (Fsp3) is 0.556. The van der Waals surface area contributed by atoms with Gasteiger partial charge in [0.25, 0.3) is 5.91 Å². The monoisotopic (exact) mass is 417 g/mol. The van der Waals surface area contributed by atoms with E-state index < -0.39 is 0 Å². The van der Waals surface area contributed by atoms with Crippen LogP contribution in [0.1, 0.15) is 30.1 Å². The standard InChI is InChI=1S/C18H24ClN3O2S.ClH/c1-2-25-16-6-5-13(19)10-15(16)18(24)21-8-3-4-14(12-21)22-9-7-20-11-17(22)23;/h5-6,10,14,20H,2-4,7-9,11-12H2,1H3;1H. The van der Waals surface area contributed by atoms with E-state index in [1.54, 1.807) is 17.8 Å². The molecule has 2 saturated heterocycles. The Morgan fingerprint density at radius 3 is 2.92 bits per heavy atom. The lowest BCUT2D eigenvalue weighted by molar-refractivity contribution is -0.135. The van der Waals surface area contributed by atoms with Gasteiger partial charge in [0, 0.05) is 42.1 Å². The van der Waals surface area contributed by atoms with Gasteiger partial charge in [-0.3, -0.25) is 9.59 Å². The molecule has 2 heterocycles. The summed E-state index contributed by atoms with van der Waals surface area (Å²) < 4.78 is 0. The topological polar surface area (TPSA) is 52.7 Å². The number of piperidine rings is 1. The van der Waals surface area contributed by atoms with Crippen LogP contribution < -0.4 is 5.32 Å². The fourth-order valence-electron chi connectivity index (χ4n) is 3.52. The van der Waals surface area contributed by atoms with Crippen LogP contribution >= 0.6 is 35.8 Å². The third-order valence-corrected chi connectivity index (χ3v) is 5.91. The number of hydrogen-bond donors (Lipinski definition) is 1.